The van der Waals surface area contributed by atoms with Crippen LogP contribution in [0.4, 0.5) is 14.7 Å². The lowest BCUT2D eigenvalue weighted by Crippen LogP contribution is -2.23. The van der Waals surface area contributed by atoms with E-state index in [0.29, 0.717) is 12.7 Å². The second kappa shape index (κ2) is 5.99. The molecule has 0 amide bonds. The fourth-order valence-electron chi connectivity index (χ4n) is 1.75. The van der Waals surface area contributed by atoms with Gasteiger partial charge in [-0.2, -0.15) is 4.98 Å². The van der Waals surface area contributed by atoms with Crippen LogP contribution in [0.3, 0.4) is 0 Å². The Morgan fingerprint density at radius 1 is 1.27 bits per heavy atom. The smallest absolute Gasteiger partial charge is 0.250 e. The highest BCUT2D eigenvalue weighted by molar-refractivity contribution is 7.92. The van der Waals surface area contributed by atoms with Crippen molar-refractivity contribution in [2.75, 3.05) is 10.5 Å². The first kappa shape index (κ1) is 16.3. The van der Waals surface area contributed by atoms with E-state index in [1.54, 1.807) is 19.1 Å². The number of anilines is 1. The highest BCUT2D eigenvalue weighted by atomic mass is 32.2. The molecule has 0 fully saturated rings. The van der Waals surface area contributed by atoms with Crippen molar-refractivity contribution in [2.24, 2.45) is 0 Å². The lowest BCUT2D eigenvalue weighted by atomic mass is 10.3. The predicted octanol–water partition coefficient (Wildman–Crippen LogP) is 2.36. The van der Waals surface area contributed by atoms with Gasteiger partial charge in [-0.1, -0.05) is 18.2 Å². The minimum absolute atomic E-state index is 0.138. The molecule has 0 bridgehead atoms. The Balaban J connectivity index is 2.15. The first-order valence-corrected chi connectivity index (χ1v) is 8.19. The van der Waals surface area contributed by atoms with E-state index >= 15 is 0 Å². The van der Waals surface area contributed by atoms with Gasteiger partial charge in [0.15, 0.2) is 0 Å². The van der Waals surface area contributed by atoms with E-state index in [-0.39, 0.29) is 5.95 Å². The summed E-state index contributed by atoms with van der Waals surface area (Å²) in [4.78, 5) is 3.99. The number of rotatable bonds is 6. The zero-order valence-corrected chi connectivity index (χ0v) is 12.9. The summed E-state index contributed by atoms with van der Waals surface area (Å²) in [6.07, 6.45) is -0.763. The number of nitrogens with one attached hydrogen (secondary N) is 1. The summed E-state index contributed by atoms with van der Waals surface area (Å²) in [5, 5.41) is 4.04. The molecule has 0 saturated heterocycles. The normalized spacial score (nSPS) is 12.4. The number of nitrogens with zero attached hydrogens (tertiary/aromatic N) is 3. The van der Waals surface area contributed by atoms with Crippen LogP contribution in [-0.2, 0) is 10.0 Å². The zero-order valence-electron chi connectivity index (χ0n) is 12.1. The molecule has 2 rings (SSSR count). The summed E-state index contributed by atoms with van der Waals surface area (Å²) < 4.78 is 52.6. The topological polar surface area (TPSA) is 76.9 Å². The highest BCUT2D eigenvalue weighted by Crippen LogP contribution is 2.18. The molecule has 0 radical (unpaired) electrons. The van der Waals surface area contributed by atoms with Gasteiger partial charge in [0, 0.05) is 6.42 Å². The maximum Gasteiger partial charge on any atom is 0.256 e. The first-order chi connectivity index (χ1) is 10.2. The van der Waals surface area contributed by atoms with Crippen LogP contribution in [-0.4, -0.2) is 34.9 Å². The summed E-state index contributed by atoms with van der Waals surface area (Å²) in [5.41, 5.74) is 0.720. The molecule has 0 unspecified atom stereocenters. The van der Waals surface area contributed by atoms with Crippen LogP contribution in [0.2, 0.25) is 0 Å². The van der Waals surface area contributed by atoms with E-state index in [1.807, 2.05) is 18.2 Å². The third-order valence-corrected chi connectivity index (χ3v) is 4.06. The van der Waals surface area contributed by atoms with Crippen LogP contribution in [0.5, 0.6) is 0 Å². The molecule has 0 spiro atoms. The molecule has 1 aromatic carbocycles. The molecule has 120 valence electrons. The van der Waals surface area contributed by atoms with E-state index in [1.165, 1.54) is 4.68 Å². The number of alkyl halides is 2. The summed E-state index contributed by atoms with van der Waals surface area (Å²) in [6.45, 7) is 2.34. The summed E-state index contributed by atoms with van der Waals surface area (Å²) in [7, 11) is -3.92. The molecule has 0 aliphatic carbocycles. The minimum atomic E-state index is -3.92. The zero-order chi connectivity index (χ0) is 16.4. The van der Waals surface area contributed by atoms with Gasteiger partial charge >= 0.3 is 0 Å². The number of hydrogen-bond donors (Lipinski definition) is 1. The lowest BCUT2D eigenvalue weighted by Gasteiger charge is -2.10. The Hall–Kier alpha value is -2.03. The Labute approximate surface area is 127 Å². The fraction of sp³-hybridized carbons (Fsp3) is 0.385. The average molecular weight is 330 g/mol. The maximum absolute atomic E-state index is 12.8. The molecule has 1 N–H and O–H groups in total. The Morgan fingerprint density at radius 2 is 1.91 bits per heavy atom. The summed E-state index contributed by atoms with van der Waals surface area (Å²) in [6, 6.07) is 9.03. The predicted molar refractivity (Wildman–Crippen MR) is 78.7 cm³/mol. The molecule has 2 aromatic rings. The standard InChI is InChI=1S/C13H16F2N4O2S/c1-10-16-12(17-19(10)11-6-4-3-5-7-11)18-22(20,21)9-8-13(2,14)15/h3-7H,8-9H2,1-2H3,(H,17,18). The van der Waals surface area contributed by atoms with Crippen molar-refractivity contribution in [1.29, 1.82) is 0 Å². The van der Waals surface area contributed by atoms with Gasteiger partial charge in [0.1, 0.15) is 5.82 Å². The second-order valence-corrected chi connectivity index (χ2v) is 6.81. The average Bonchev–Trinajstić information content (AvgIpc) is 2.77. The number of sulfonamides is 1. The van der Waals surface area contributed by atoms with Crippen LogP contribution < -0.4 is 4.72 Å². The van der Waals surface area contributed by atoms with Gasteiger partial charge in [0.25, 0.3) is 5.95 Å². The number of benzene rings is 1. The highest BCUT2D eigenvalue weighted by Gasteiger charge is 2.25. The van der Waals surface area contributed by atoms with Gasteiger partial charge in [0.05, 0.1) is 11.4 Å². The molecule has 22 heavy (non-hydrogen) atoms. The molecule has 0 aliphatic rings. The molecule has 0 atom stereocenters. The maximum atomic E-state index is 12.8. The van der Waals surface area contributed by atoms with Crippen LogP contribution >= 0.6 is 0 Å². The van der Waals surface area contributed by atoms with Crippen molar-refractivity contribution in [1.82, 2.24) is 14.8 Å². The number of para-hydroxylation sites is 1. The van der Waals surface area contributed by atoms with Gasteiger partial charge in [-0.15, -0.1) is 5.10 Å². The van der Waals surface area contributed by atoms with Gasteiger partial charge < -0.3 is 0 Å². The first-order valence-electron chi connectivity index (χ1n) is 6.54. The molecule has 0 aliphatic heterocycles. The SMILES string of the molecule is Cc1nc(NS(=O)(=O)CCC(C)(F)F)nn1-c1ccccc1. The van der Waals surface area contributed by atoms with Gasteiger partial charge in [-0.05, 0) is 26.0 Å². The molecule has 1 heterocycles. The van der Waals surface area contributed by atoms with E-state index in [9.17, 15) is 17.2 Å². The molecule has 0 saturated carbocycles. The number of hydrogen-bond acceptors (Lipinski definition) is 4. The number of halogens is 2. The molecular formula is C13H16F2N4O2S. The molecule has 9 heteroatoms. The van der Waals surface area contributed by atoms with Crippen molar-refractivity contribution in [3.63, 3.8) is 0 Å². The quantitative estimate of drug-likeness (QED) is 0.882. The van der Waals surface area contributed by atoms with E-state index in [0.717, 1.165) is 5.69 Å². The van der Waals surface area contributed by atoms with Crippen LogP contribution in [0.25, 0.3) is 5.69 Å². The number of aromatic nitrogens is 3. The van der Waals surface area contributed by atoms with E-state index in [4.69, 9.17) is 0 Å². The minimum Gasteiger partial charge on any atom is -0.250 e. The van der Waals surface area contributed by atoms with Crippen molar-refractivity contribution in [2.45, 2.75) is 26.2 Å². The van der Waals surface area contributed by atoms with Crippen LogP contribution in [0, 0.1) is 6.92 Å². The van der Waals surface area contributed by atoms with Crippen LogP contribution in [0.1, 0.15) is 19.2 Å². The summed E-state index contributed by atoms with van der Waals surface area (Å²) in [5.74, 6) is -3.40. The third kappa shape index (κ3) is 4.48. The Kier molecular flexibility index (Phi) is 4.45. The number of aryl methyl sites for hydroxylation is 1. The van der Waals surface area contributed by atoms with Crippen LogP contribution in [0.15, 0.2) is 30.3 Å². The van der Waals surface area contributed by atoms with Crippen molar-refractivity contribution >= 4 is 16.0 Å². The molecular weight excluding hydrogens is 314 g/mol. The largest absolute Gasteiger partial charge is 0.256 e. The Morgan fingerprint density at radius 3 is 2.50 bits per heavy atom. The van der Waals surface area contributed by atoms with Crippen molar-refractivity contribution in [3.05, 3.63) is 36.2 Å². The monoisotopic (exact) mass is 330 g/mol. The lowest BCUT2D eigenvalue weighted by molar-refractivity contribution is 0.0189. The third-order valence-electron chi connectivity index (χ3n) is 2.83. The van der Waals surface area contributed by atoms with E-state index < -0.39 is 28.1 Å². The van der Waals surface area contributed by atoms with Crippen molar-refractivity contribution in [3.8, 4) is 5.69 Å². The van der Waals surface area contributed by atoms with Crippen molar-refractivity contribution < 1.29 is 17.2 Å². The second-order valence-electron chi connectivity index (χ2n) is 4.97. The molecule has 6 nitrogen and oxygen atoms in total. The molecule has 1 aromatic heterocycles. The van der Waals surface area contributed by atoms with E-state index in [2.05, 4.69) is 14.8 Å². The van der Waals surface area contributed by atoms with Gasteiger partial charge in [-0.25, -0.2) is 26.6 Å². The van der Waals surface area contributed by atoms with Gasteiger partial charge in [0.2, 0.25) is 15.9 Å². The fourth-order valence-corrected chi connectivity index (χ4v) is 2.84. The van der Waals surface area contributed by atoms with Gasteiger partial charge in [-0.3, -0.25) is 0 Å². The summed E-state index contributed by atoms with van der Waals surface area (Å²) >= 11 is 0. The Bertz CT molecular complexity index is 739.